The average molecular weight is 831 g/mol. The van der Waals surface area contributed by atoms with Gasteiger partial charge in [-0.2, -0.15) is 0 Å². The van der Waals surface area contributed by atoms with Crippen LogP contribution in [0.2, 0.25) is 5.02 Å². The van der Waals surface area contributed by atoms with Gasteiger partial charge in [0.25, 0.3) is 20.0 Å². The van der Waals surface area contributed by atoms with Crippen LogP contribution in [0.3, 0.4) is 0 Å². The van der Waals surface area contributed by atoms with E-state index in [9.17, 15) is 16.8 Å². The van der Waals surface area contributed by atoms with Crippen molar-refractivity contribution in [3.8, 4) is 0 Å². The minimum absolute atomic E-state index is 0.178. The predicted octanol–water partition coefficient (Wildman–Crippen LogP) is 6.42. The highest BCUT2D eigenvalue weighted by Crippen LogP contribution is 2.39. The summed E-state index contributed by atoms with van der Waals surface area (Å²) in [6.45, 7) is 19.5. The van der Waals surface area contributed by atoms with Gasteiger partial charge in [0.2, 0.25) is 0 Å². The number of aromatic nitrogens is 4. The Labute approximate surface area is 339 Å². The molecule has 2 fully saturated rings. The van der Waals surface area contributed by atoms with Gasteiger partial charge in [-0.15, -0.1) is 0 Å². The van der Waals surface area contributed by atoms with Crippen molar-refractivity contribution in [3.05, 3.63) is 108 Å². The highest BCUT2D eigenvalue weighted by atomic mass is 35.5. The third kappa shape index (κ3) is 7.23. The molecule has 17 heteroatoms. The molecule has 2 aliphatic rings. The monoisotopic (exact) mass is 830 g/mol. The van der Waals surface area contributed by atoms with E-state index in [1.54, 1.807) is 73.1 Å². The lowest BCUT2D eigenvalue weighted by Crippen LogP contribution is -2.41. The van der Waals surface area contributed by atoms with Gasteiger partial charge in [0.05, 0.1) is 37.2 Å². The van der Waals surface area contributed by atoms with Gasteiger partial charge in [0.1, 0.15) is 0 Å². The van der Waals surface area contributed by atoms with Crippen molar-refractivity contribution in [1.29, 1.82) is 0 Å². The molecule has 0 amide bonds. The van der Waals surface area contributed by atoms with Gasteiger partial charge >= 0.3 is 14.2 Å². The lowest BCUT2D eigenvalue weighted by molar-refractivity contribution is 0.00578. The van der Waals surface area contributed by atoms with Crippen molar-refractivity contribution in [2.45, 2.75) is 101 Å². The SMILES string of the molecule is Cc1ccc(S(=O)(=O)n2cc(B3OC(C)(C)C(C)(C)O3)c3cc(Cl)cnc32)cc1.Cc1ccc(S(=O)(=O)n2cc(B3OC(C)(C)C(C)(C)O3)c3cccnc32)cc1. The minimum atomic E-state index is -3.86. The van der Waals surface area contributed by atoms with E-state index in [4.69, 9.17) is 30.2 Å². The molecule has 12 nitrogen and oxygen atoms in total. The van der Waals surface area contributed by atoms with Crippen LogP contribution >= 0.6 is 11.6 Å². The van der Waals surface area contributed by atoms with Crippen LogP contribution in [0.1, 0.15) is 66.5 Å². The first-order valence-corrected chi connectivity index (χ1v) is 21.7. The summed E-state index contributed by atoms with van der Waals surface area (Å²) in [4.78, 5) is 9.01. The summed E-state index contributed by atoms with van der Waals surface area (Å²) in [5.41, 5.74) is 1.65. The summed E-state index contributed by atoms with van der Waals surface area (Å²) in [5.74, 6) is 0. The predicted molar refractivity (Wildman–Crippen MR) is 223 cm³/mol. The zero-order chi connectivity index (χ0) is 41.5. The van der Waals surface area contributed by atoms with Crippen molar-refractivity contribution in [3.63, 3.8) is 0 Å². The Hall–Kier alpha value is -4.02. The van der Waals surface area contributed by atoms with E-state index >= 15 is 0 Å². The van der Waals surface area contributed by atoms with Gasteiger partial charge < -0.3 is 18.6 Å². The molecule has 0 spiro atoms. The van der Waals surface area contributed by atoms with E-state index in [0.717, 1.165) is 11.1 Å². The second-order valence-corrected chi connectivity index (χ2v) is 20.5. The van der Waals surface area contributed by atoms with Crippen molar-refractivity contribution in [1.82, 2.24) is 17.9 Å². The Morgan fingerprint density at radius 2 is 0.965 bits per heavy atom. The standard InChI is InChI=1S/C20H22BClN2O4S.C20H23BN2O4S/c1-13-6-8-15(9-7-13)29(25,26)24-12-17(16-10-14(22)11-23-18(16)24)21-27-19(2,3)20(4,5)28-21;1-14-8-10-15(11-9-14)28(24,25)23-13-17(16-7-6-12-22-18(16)23)21-26-19(2,3)20(4,5)27-21/h6-12H,1-5H3;6-13H,1-5H3. The molecule has 4 aromatic heterocycles. The van der Waals surface area contributed by atoms with Crippen LogP contribution in [0.4, 0.5) is 0 Å². The molecule has 6 heterocycles. The molecule has 0 aliphatic carbocycles. The fraction of sp³-hybridized carbons (Fsp3) is 0.350. The van der Waals surface area contributed by atoms with Crippen LogP contribution in [0.5, 0.6) is 0 Å². The Morgan fingerprint density at radius 3 is 1.39 bits per heavy atom. The molecular weight excluding hydrogens is 786 g/mol. The minimum Gasteiger partial charge on any atom is -0.399 e. The fourth-order valence-electron chi connectivity index (χ4n) is 6.46. The highest BCUT2D eigenvalue weighted by Gasteiger charge is 2.54. The Morgan fingerprint density at radius 1 is 0.579 bits per heavy atom. The van der Waals surface area contributed by atoms with Crippen LogP contribution in [0, 0.1) is 13.8 Å². The number of pyridine rings is 2. The van der Waals surface area contributed by atoms with E-state index in [2.05, 4.69) is 9.97 Å². The maximum Gasteiger partial charge on any atom is 0.497 e. The Bertz CT molecular complexity index is 2700. The topological polar surface area (TPSA) is 141 Å². The summed E-state index contributed by atoms with van der Waals surface area (Å²) in [6.07, 6.45) is 6.09. The van der Waals surface area contributed by atoms with E-state index in [1.807, 2.05) is 75.3 Å². The van der Waals surface area contributed by atoms with Crippen molar-refractivity contribution in [2.75, 3.05) is 0 Å². The van der Waals surface area contributed by atoms with Crippen LogP contribution in [0.25, 0.3) is 22.1 Å². The van der Waals surface area contributed by atoms with Gasteiger partial charge in [0.15, 0.2) is 11.3 Å². The van der Waals surface area contributed by atoms with Crippen LogP contribution in [-0.4, -0.2) is 71.4 Å². The van der Waals surface area contributed by atoms with Crippen LogP contribution in [-0.2, 0) is 38.7 Å². The molecule has 0 saturated carbocycles. The van der Waals surface area contributed by atoms with Crippen LogP contribution in [0.15, 0.2) is 101 Å². The van der Waals surface area contributed by atoms with Gasteiger partial charge in [-0.1, -0.05) is 47.0 Å². The number of fused-ring (bicyclic) bond motifs is 2. The average Bonchev–Trinajstić information content (AvgIpc) is 3.82. The number of hydrogen-bond acceptors (Lipinski definition) is 10. The Balaban J connectivity index is 0.000000174. The third-order valence-electron chi connectivity index (χ3n) is 11.3. The van der Waals surface area contributed by atoms with Crippen molar-refractivity contribution < 1.29 is 35.5 Å². The highest BCUT2D eigenvalue weighted by molar-refractivity contribution is 7.90. The largest absolute Gasteiger partial charge is 0.497 e. The molecule has 0 unspecified atom stereocenters. The van der Waals surface area contributed by atoms with E-state index in [1.165, 1.54) is 20.3 Å². The molecule has 298 valence electrons. The molecular formula is C40H45B2ClN4O8S2. The van der Waals surface area contributed by atoms with Gasteiger partial charge in [-0.3, -0.25) is 0 Å². The van der Waals surface area contributed by atoms with Crippen molar-refractivity contribution >= 4 is 78.9 Å². The smallest absolute Gasteiger partial charge is 0.399 e. The molecule has 2 aliphatic heterocycles. The molecule has 6 aromatic rings. The first-order valence-electron chi connectivity index (χ1n) is 18.4. The maximum atomic E-state index is 13.3. The van der Waals surface area contributed by atoms with Gasteiger partial charge in [0, 0.05) is 46.5 Å². The summed E-state index contributed by atoms with van der Waals surface area (Å²) in [7, 11) is -9.08. The molecule has 0 radical (unpaired) electrons. The molecule has 0 N–H and O–H groups in total. The number of aryl methyl sites for hydroxylation is 2. The van der Waals surface area contributed by atoms with Gasteiger partial charge in [-0.25, -0.2) is 34.7 Å². The normalized spacial score (nSPS) is 18.6. The zero-order valence-electron chi connectivity index (χ0n) is 33.6. The lowest BCUT2D eigenvalue weighted by Gasteiger charge is -2.32. The second-order valence-electron chi connectivity index (χ2n) is 16.5. The molecule has 0 atom stereocenters. The number of rotatable bonds is 6. The third-order valence-corrected chi connectivity index (χ3v) is 14.9. The molecule has 2 saturated heterocycles. The molecule has 57 heavy (non-hydrogen) atoms. The van der Waals surface area contributed by atoms with E-state index < -0.39 is 56.7 Å². The van der Waals surface area contributed by atoms with E-state index in [-0.39, 0.29) is 15.4 Å². The first-order chi connectivity index (χ1) is 26.4. The summed E-state index contributed by atoms with van der Waals surface area (Å²) >= 11 is 6.16. The molecule has 2 aromatic carbocycles. The van der Waals surface area contributed by atoms with Crippen LogP contribution < -0.4 is 10.9 Å². The fourth-order valence-corrected chi connectivity index (χ4v) is 9.28. The number of nitrogens with zero attached hydrogens (tertiary/aromatic N) is 4. The maximum absolute atomic E-state index is 13.3. The summed E-state index contributed by atoms with van der Waals surface area (Å²) in [6, 6.07) is 18.8. The number of halogens is 1. The zero-order valence-corrected chi connectivity index (χ0v) is 36.0. The lowest BCUT2D eigenvalue weighted by atomic mass is 9.79. The molecule has 0 bridgehead atoms. The van der Waals surface area contributed by atoms with Gasteiger partial charge in [-0.05, 0) is 112 Å². The first kappa shape index (κ1) is 41.2. The number of hydrogen-bond donors (Lipinski definition) is 0. The Kier molecular flexibility index (Phi) is 10.2. The van der Waals surface area contributed by atoms with E-state index in [0.29, 0.717) is 32.4 Å². The number of benzene rings is 2. The molecule has 8 rings (SSSR count). The quantitative estimate of drug-likeness (QED) is 0.173. The summed E-state index contributed by atoms with van der Waals surface area (Å²) in [5, 5.41) is 1.67. The van der Waals surface area contributed by atoms with Crippen molar-refractivity contribution in [2.24, 2.45) is 0 Å². The summed E-state index contributed by atoms with van der Waals surface area (Å²) < 4.78 is 80.2. The second kappa shape index (κ2) is 14.1.